The summed E-state index contributed by atoms with van der Waals surface area (Å²) in [5.41, 5.74) is 1.15. The van der Waals surface area contributed by atoms with E-state index in [1.165, 1.54) is 24.3 Å². The number of amides is 1. The van der Waals surface area contributed by atoms with Crippen LogP contribution >= 0.6 is 0 Å². The standard InChI is InChI=1S/C21H25N3O4/c1-23(2)14-5-6-15-28-20-11-4-3-10-19(20)22-21(25)13-12-17-8-7-9-18(16-17)24(26)27/h3-4,7-13,16H,5-6,14-15H2,1-2H3,(H,22,25). The van der Waals surface area contributed by atoms with Gasteiger partial charge in [0.15, 0.2) is 0 Å². The number of unbranched alkanes of at least 4 members (excludes halogenated alkanes) is 1. The van der Waals surface area contributed by atoms with Gasteiger partial charge in [-0.2, -0.15) is 0 Å². The quantitative estimate of drug-likeness (QED) is 0.290. The highest BCUT2D eigenvalue weighted by molar-refractivity contribution is 6.02. The van der Waals surface area contributed by atoms with E-state index in [1.807, 2.05) is 32.3 Å². The average Bonchev–Trinajstić information content (AvgIpc) is 2.67. The molecule has 0 aromatic heterocycles. The Bertz CT molecular complexity index is 834. The number of anilines is 1. The first-order valence-electron chi connectivity index (χ1n) is 9.06. The van der Waals surface area contributed by atoms with E-state index in [1.54, 1.807) is 18.2 Å². The summed E-state index contributed by atoms with van der Waals surface area (Å²) in [4.78, 5) is 24.7. The number of nitrogens with zero attached hydrogens (tertiary/aromatic N) is 2. The van der Waals surface area contributed by atoms with Gasteiger partial charge in [-0.05, 0) is 57.3 Å². The predicted octanol–water partition coefficient (Wildman–Crippen LogP) is 3.97. The molecule has 0 aliphatic carbocycles. The predicted molar refractivity (Wildman–Crippen MR) is 110 cm³/mol. The molecule has 0 aliphatic heterocycles. The van der Waals surface area contributed by atoms with Crippen molar-refractivity contribution in [2.24, 2.45) is 0 Å². The Balaban J connectivity index is 1.93. The highest BCUT2D eigenvalue weighted by atomic mass is 16.6. The number of benzene rings is 2. The minimum atomic E-state index is -0.469. The van der Waals surface area contributed by atoms with Crippen LogP contribution in [0.5, 0.6) is 5.75 Å². The van der Waals surface area contributed by atoms with Crippen LogP contribution in [-0.4, -0.2) is 43.0 Å². The Morgan fingerprint density at radius 1 is 1.18 bits per heavy atom. The number of non-ortho nitro benzene ring substituents is 1. The maximum Gasteiger partial charge on any atom is 0.270 e. The zero-order valence-electron chi connectivity index (χ0n) is 16.1. The largest absolute Gasteiger partial charge is 0.491 e. The molecule has 1 amide bonds. The van der Waals surface area contributed by atoms with Crippen LogP contribution in [0, 0.1) is 10.1 Å². The number of ether oxygens (including phenoxy) is 1. The van der Waals surface area contributed by atoms with Gasteiger partial charge < -0.3 is 15.0 Å². The van der Waals surface area contributed by atoms with Crippen molar-refractivity contribution in [3.05, 3.63) is 70.3 Å². The van der Waals surface area contributed by atoms with Crippen molar-refractivity contribution >= 4 is 23.4 Å². The van der Waals surface area contributed by atoms with Gasteiger partial charge in [0.2, 0.25) is 5.91 Å². The fraction of sp³-hybridized carbons (Fsp3) is 0.286. The third-order valence-electron chi connectivity index (χ3n) is 3.91. The minimum absolute atomic E-state index is 0.0180. The summed E-state index contributed by atoms with van der Waals surface area (Å²) in [5, 5.41) is 13.6. The van der Waals surface area contributed by atoms with Crippen LogP contribution in [0.1, 0.15) is 18.4 Å². The Hall–Kier alpha value is -3.19. The van der Waals surface area contributed by atoms with Gasteiger partial charge >= 0.3 is 0 Å². The summed E-state index contributed by atoms with van der Waals surface area (Å²) in [7, 11) is 4.07. The Kier molecular flexibility index (Phi) is 8.17. The lowest BCUT2D eigenvalue weighted by Gasteiger charge is -2.12. The second-order valence-corrected chi connectivity index (χ2v) is 6.53. The molecular formula is C21H25N3O4. The zero-order valence-corrected chi connectivity index (χ0v) is 16.1. The topological polar surface area (TPSA) is 84.7 Å². The molecule has 0 spiro atoms. The fourth-order valence-electron chi connectivity index (χ4n) is 2.50. The van der Waals surface area contributed by atoms with Crippen LogP contribution < -0.4 is 10.1 Å². The van der Waals surface area contributed by atoms with Crippen molar-refractivity contribution in [3.63, 3.8) is 0 Å². The number of para-hydroxylation sites is 2. The minimum Gasteiger partial charge on any atom is -0.491 e. The highest BCUT2D eigenvalue weighted by Crippen LogP contribution is 2.24. The van der Waals surface area contributed by atoms with E-state index in [4.69, 9.17) is 4.74 Å². The monoisotopic (exact) mass is 383 g/mol. The highest BCUT2D eigenvalue weighted by Gasteiger charge is 2.07. The fourth-order valence-corrected chi connectivity index (χ4v) is 2.50. The summed E-state index contributed by atoms with van der Waals surface area (Å²) in [6, 6.07) is 13.3. The first kappa shape index (κ1) is 21.1. The summed E-state index contributed by atoms with van der Waals surface area (Å²) >= 11 is 0. The number of hydrogen-bond acceptors (Lipinski definition) is 5. The molecule has 1 N–H and O–H groups in total. The van der Waals surface area contributed by atoms with E-state index in [0.717, 1.165) is 19.4 Å². The molecule has 0 atom stereocenters. The molecule has 7 nitrogen and oxygen atoms in total. The number of nitro benzene ring substituents is 1. The van der Waals surface area contributed by atoms with E-state index < -0.39 is 4.92 Å². The van der Waals surface area contributed by atoms with Gasteiger partial charge in [0.25, 0.3) is 5.69 Å². The maximum absolute atomic E-state index is 12.2. The number of carbonyl (C=O) groups excluding carboxylic acids is 1. The molecular weight excluding hydrogens is 358 g/mol. The second kappa shape index (κ2) is 10.8. The van der Waals surface area contributed by atoms with E-state index in [9.17, 15) is 14.9 Å². The Labute approximate surface area is 164 Å². The van der Waals surface area contributed by atoms with Crippen LogP contribution in [0.3, 0.4) is 0 Å². The molecule has 28 heavy (non-hydrogen) atoms. The van der Waals surface area contributed by atoms with E-state index in [2.05, 4.69) is 10.2 Å². The summed E-state index contributed by atoms with van der Waals surface area (Å²) < 4.78 is 5.79. The molecule has 0 aliphatic rings. The molecule has 2 aromatic carbocycles. The van der Waals surface area contributed by atoms with Crippen LogP contribution in [0.15, 0.2) is 54.6 Å². The second-order valence-electron chi connectivity index (χ2n) is 6.53. The van der Waals surface area contributed by atoms with Crippen LogP contribution in [0.2, 0.25) is 0 Å². The third-order valence-corrected chi connectivity index (χ3v) is 3.91. The molecule has 7 heteroatoms. The van der Waals surface area contributed by atoms with Crippen LogP contribution in [-0.2, 0) is 4.79 Å². The number of nitro groups is 1. The van der Waals surface area contributed by atoms with E-state index >= 15 is 0 Å². The SMILES string of the molecule is CN(C)CCCCOc1ccccc1NC(=O)C=Cc1cccc([N+](=O)[O-])c1. The molecule has 0 saturated carbocycles. The van der Waals surface area contributed by atoms with Gasteiger partial charge in [-0.1, -0.05) is 24.3 Å². The van der Waals surface area contributed by atoms with Crippen molar-refractivity contribution in [2.45, 2.75) is 12.8 Å². The maximum atomic E-state index is 12.2. The van der Waals surface area contributed by atoms with Crippen molar-refractivity contribution < 1.29 is 14.5 Å². The van der Waals surface area contributed by atoms with Crippen LogP contribution in [0.4, 0.5) is 11.4 Å². The van der Waals surface area contributed by atoms with Gasteiger partial charge in [0.1, 0.15) is 5.75 Å². The molecule has 2 rings (SSSR count). The lowest BCUT2D eigenvalue weighted by Crippen LogP contribution is -2.14. The molecule has 0 bridgehead atoms. The summed E-state index contributed by atoms with van der Waals surface area (Å²) in [6.07, 6.45) is 4.83. The Morgan fingerprint density at radius 2 is 1.96 bits per heavy atom. The van der Waals surface area contributed by atoms with Gasteiger partial charge in [-0.3, -0.25) is 14.9 Å². The summed E-state index contributed by atoms with van der Waals surface area (Å²) in [6.45, 7) is 1.58. The van der Waals surface area contributed by atoms with Gasteiger partial charge in [-0.15, -0.1) is 0 Å². The summed E-state index contributed by atoms with van der Waals surface area (Å²) in [5.74, 6) is 0.277. The first-order chi connectivity index (χ1) is 13.5. The van der Waals surface area contributed by atoms with Crippen molar-refractivity contribution in [1.82, 2.24) is 4.90 Å². The third kappa shape index (κ3) is 7.20. The molecule has 148 valence electrons. The van der Waals surface area contributed by atoms with E-state index in [-0.39, 0.29) is 11.6 Å². The average molecular weight is 383 g/mol. The van der Waals surface area contributed by atoms with E-state index in [0.29, 0.717) is 23.6 Å². The number of hydrogen-bond donors (Lipinski definition) is 1. The molecule has 0 fully saturated rings. The first-order valence-corrected chi connectivity index (χ1v) is 9.06. The number of carbonyl (C=O) groups is 1. The van der Waals surface area contributed by atoms with Gasteiger partial charge in [-0.25, -0.2) is 0 Å². The molecule has 2 aromatic rings. The molecule has 0 heterocycles. The lowest BCUT2D eigenvalue weighted by molar-refractivity contribution is -0.384. The normalized spacial score (nSPS) is 11.0. The van der Waals surface area contributed by atoms with Crippen LogP contribution in [0.25, 0.3) is 6.08 Å². The van der Waals surface area contributed by atoms with Crippen molar-refractivity contribution in [1.29, 1.82) is 0 Å². The molecule has 0 saturated heterocycles. The molecule has 0 unspecified atom stereocenters. The van der Waals surface area contributed by atoms with Gasteiger partial charge in [0.05, 0.1) is 17.2 Å². The van der Waals surface area contributed by atoms with Gasteiger partial charge in [0, 0.05) is 18.2 Å². The Morgan fingerprint density at radius 3 is 2.71 bits per heavy atom. The zero-order chi connectivity index (χ0) is 20.4. The number of rotatable bonds is 10. The van der Waals surface area contributed by atoms with Crippen molar-refractivity contribution in [3.8, 4) is 5.75 Å². The van der Waals surface area contributed by atoms with Crippen molar-refractivity contribution in [2.75, 3.05) is 32.6 Å². The smallest absolute Gasteiger partial charge is 0.270 e. The lowest BCUT2D eigenvalue weighted by atomic mass is 10.2. The molecule has 0 radical (unpaired) electrons. The number of nitrogens with one attached hydrogen (secondary N) is 1.